The Morgan fingerprint density at radius 2 is 1.59 bits per heavy atom. The summed E-state index contributed by atoms with van der Waals surface area (Å²) in [7, 11) is 0. The summed E-state index contributed by atoms with van der Waals surface area (Å²) in [5, 5.41) is 31.1. The summed E-state index contributed by atoms with van der Waals surface area (Å²) in [6.45, 7) is 2.63. The van der Waals surface area contributed by atoms with Gasteiger partial charge in [0.1, 0.15) is 0 Å². The fourth-order valence-corrected chi connectivity index (χ4v) is 6.16. The van der Waals surface area contributed by atoms with E-state index in [0.29, 0.717) is 38.8 Å². The van der Waals surface area contributed by atoms with Crippen LogP contribution in [-0.2, 0) is 32.2 Å². The maximum absolute atomic E-state index is 12.5. The largest absolute Gasteiger partial charge is 0.392 e. The van der Waals surface area contributed by atoms with Crippen molar-refractivity contribution in [3.8, 4) is 11.1 Å². The number of amides is 2. The van der Waals surface area contributed by atoms with E-state index in [4.69, 9.17) is 14.7 Å². The maximum Gasteiger partial charge on any atom is 0.243 e. The Balaban J connectivity index is 1.23. The minimum Gasteiger partial charge on any atom is -0.392 e. The van der Waals surface area contributed by atoms with E-state index in [1.807, 2.05) is 60.7 Å². The third-order valence-electron chi connectivity index (χ3n) is 8.74. The van der Waals surface area contributed by atoms with Crippen LogP contribution in [0.2, 0.25) is 0 Å². The monoisotopic (exact) mass is 631 g/mol. The number of nitrogens with one attached hydrogen (secondary N) is 2. The van der Waals surface area contributed by atoms with Crippen LogP contribution in [0.5, 0.6) is 0 Å². The first-order valence-electron chi connectivity index (χ1n) is 16.2. The summed E-state index contributed by atoms with van der Waals surface area (Å²) in [6.07, 6.45) is 3.03. The molecular weight excluding hydrogens is 586 g/mol. The van der Waals surface area contributed by atoms with Gasteiger partial charge in [-0.05, 0) is 47.1 Å². The normalized spacial score (nSPS) is 21.6. The van der Waals surface area contributed by atoms with Crippen molar-refractivity contribution in [3.05, 3.63) is 95.1 Å². The first-order chi connectivity index (χ1) is 22.4. The Morgan fingerprint density at radius 3 is 2.28 bits per heavy atom. The smallest absolute Gasteiger partial charge is 0.243 e. The summed E-state index contributed by atoms with van der Waals surface area (Å²) in [5.74, 6) is -0.452. The topological polar surface area (TPSA) is 141 Å². The van der Waals surface area contributed by atoms with E-state index in [9.17, 15) is 19.8 Å². The van der Waals surface area contributed by atoms with Crippen molar-refractivity contribution in [2.24, 2.45) is 0 Å². The van der Waals surface area contributed by atoms with E-state index in [2.05, 4.69) is 22.3 Å². The number of benzene rings is 3. The Morgan fingerprint density at radius 1 is 0.870 bits per heavy atom. The summed E-state index contributed by atoms with van der Waals surface area (Å²) in [6, 6.07) is 24.0. The molecule has 0 unspecified atom stereocenters. The molecule has 246 valence electrons. The van der Waals surface area contributed by atoms with Gasteiger partial charge in [-0.1, -0.05) is 79.2 Å². The van der Waals surface area contributed by atoms with Gasteiger partial charge in [-0.15, -0.1) is 0 Å². The zero-order valence-electron chi connectivity index (χ0n) is 26.1. The average molecular weight is 632 g/mol. The molecule has 0 aliphatic carbocycles. The van der Waals surface area contributed by atoms with E-state index in [1.54, 1.807) is 5.48 Å². The zero-order chi connectivity index (χ0) is 32.3. The lowest BCUT2D eigenvalue weighted by Gasteiger charge is -2.38. The van der Waals surface area contributed by atoms with Gasteiger partial charge < -0.3 is 25.0 Å². The fraction of sp³-hybridized carbons (Fsp3) is 0.444. The standard InChI is InChI=1S/C36H45N3O7/c40-24-25-10-12-27(13-11-25)33-20-31(23-39-19-18-30(41)22-39)45-36(46-33)28-16-14-26(15-17-28)32-7-5-4-6-29(32)21-37-34(42)8-2-1-3-9-35(43)38-44/h4-7,10-17,30-31,33,36,40-41,44H,1-3,8-9,18-24H2,(H,37,42)(H,38,43)/t30-,31-,33+,36+/m0/s1. The molecule has 2 amide bonds. The number of carbonyl (C=O) groups excluding carboxylic acids is 2. The molecule has 0 radical (unpaired) electrons. The number of unbranched alkanes of at least 4 members (excludes halogenated alkanes) is 2. The second kappa shape index (κ2) is 16.8. The predicted octanol–water partition coefficient (Wildman–Crippen LogP) is 4.53. The fourth-order valence-electron chi connectivity index (χ4n) is 6.16. The number of nitrogens with zero attached hydrogens (tertiary/aromatic N) is 1. The number of hydrogen-bond donors (Lipinski definition) is 5. The second-order valence-electron chi connectivity index (χ2n) is 12.2. The number of aliphatic hydroxyl groups excluding tert-OH is 2. The number of rotatable bonds is 14. The Labute approximate surface area is 270 Å². The van der Waals surface area contributed by atoms with Crippen LogP contribution in [0.1, 0.15) is 79.6 Å². The molecule has 3 aromatic rings. The molecule has 2 aliphatic rings. The van der Waals surface area contributed by atoms with E-state index in [-0.39, 0.29) is 37.2 Å². The minimum atomic E-state index is -0.560. The number of β-amino-alcohol motifs (C(OH)–C–C–N with tert-alkyl or cyclic N) is 1. The number of carbonyl (C=O) groups is 2. The van der Waals surface area contributed by atoms with Gasteiger partial charge in [0.2, 0.25) is 11.8 Å². The molecule has 10 nitrogen and oxygen atoms in total. The van der Waals surface area contributed by atoms with E-state index in [1.165, 1.54) is 0 Å². The molecule has 5 rings (SSSR count). The van der Waals surface area contributed by atoms with Crippen molar-refractivity contribution in [2.45, 2.75) is 82.7 Å². The van der Waals surface area contributed by atoms with E-state index < -0.39 is 12.2 Å². The minimum absolute atomic E-state index is 0.00561. The second-order valence-corrected chi connectivity index (χ2v) is 12.2. The van der Waals surface area contributed by atoms with Gasteiger partial charge in [-0.25, -0.2) is 5.48 Å². The molecule has 3 aromatic carbocycles. The first-order valence-corrected chi connectivity index (χ1v) is 16.2. The highest BCUT2D eigenvalue weighted by molar-refractivity contribution is 5.76. The van der Waals surface area contributed by atoms with Crippen molar-refractivity contribution >= 4 is 11.8 Å². The van der Waals surface area contributed by atoms with Gasteiger partial charge in [-0.2, -0.15) is 0 Å². The number of hydroxylamine groups is 1. The van der Waals surface area contributed by atoms with Crippen molar-refractivity contribution in [2.75, 3.05) is 19.6 Å². The Bertz CT molecular complexity index is 1420. The van der Waals surface area contributed by atoms with Crippen LogP contribution in [-0.4, -0.2) is 64.0 Å². The average Bonchev–Trinajstić information content (AvgIpc) is 3.51. The molecule has 10 heteroatoms. The molecule has 0 bridgehead atoms. The highest BCUT2D eigenvalue weighted by Crippen LogP contribution is 2.39. The predicted molar refractivity (Wildman–Crippen MR) is 172 cm³/mol. The Kier molecular flexibility index (Phi) is 12.3. The number of aliphatic hydroxyl groups is 2. The van der Waals surface area contributed by atoms with Crippen LogP contribution in [0.25, 0.3) is 11.1 Å². The summed E-state index contributed by atoms with van der Waals surface area (Å²) < 4.78 is 13.0. The van der Waals surface area contributed by atoms with Crippen LogP contribution in [0, 0.1) is 0 Å². The molecule has 0 saturated carbocycles. The molecule has 2 saturated heterocycles. The van der Waals surface area contributed by atoms with Gasteiger partial charge in [0.15, 0.2) is 6.29 Å². The van der Waals surface area contributed by atoms with Gasteiger partial charge in [0.25, 0.3) is 0 Å². The highest BCUT2D eigenvalue weighted by atomic mass is 16.7. The lowest BCUT2D eigenvalue weighted by atomic mass is 9.97. The first kappa shape index (κ1) is 33.7. The van der Waals surface area contributed by atoms with Crippen molar-refractivity contribution in [3.63, 3.8) is 0 Å². The van der Waals surface area contributed by atoms with Crippen LogP contribution < -0.4 is 10.8 Å². The third kappa shape index (κ3) is 9.45. The Hall–Kier alpha value is -3.64. The molecule has 2 aliphatic heterocycles. The zero-order valence-corrected chi connectivity index (χ0v) is 26.1. The molecule has 5 N–H and O–H groups in total. The molecule has 46 heavy (non-hydrogen) atoms. The molecule has 2 fully saturated rings. The third-order valence-corrected chi connectivity index (χ3v) is 8.74. The van der Waals surface area contributed by atoms with Crippen LogP contribution in [0.3, 0.4) is 0 Å². The van der Waals surface area contributed by atoms with Crippen molar-refractivity contribution in [1.82, 2.24) is 15.7 Å². The maximum atomic E-state index is 12.5. The number of hydrogen-bond acceptors (Lipinski definition) is 8. The van der Waals surface area contributed by atoms with Crippen molar-refractivity contribution in [1.29, 1.82) is 0 Å². The summed E-state index contributed by atoms with van der Waals surface area (Å²) in [4.78, 5) is 25.8. The van der Waals surface area contributed by atoms with Crippen molar-refractivity contribution < 1.29 is 34.5 Å². The molecule has 0 spiro atoms. The lowest BCUT2D eigenvalue weighted by molar-refractivity contribution is -0.252. The summed E-state index contributed by atoms with van der Waals surface area (Å²) in [5.41, 5.74) is 7.48. The quantitative estimate of drug-likeness (QED) is 0.0994. The summed E-state index contributed by atoms with van der Waals surface area (Å²) >= 11 is 0. The number of ether oxygens (including phenoxy) is 2. The highest BCUT2D eigenvalue weighted by Gasteiger charge is 2.34. The van der Waals surface area contributed by atoms with Crippen LogP contribution in [0.15, 0.2) is 72.8 Å². The SMILES string of the molecule is O=C(CCCCCC(=O)NCc1ccccc1-c1ccc([C@@H]2O[C@H](CN3CC[C@H](O)C3)C[C@H](c3ccc(CO)cc3)O2)cc1)NO. The van der Waals surface area contributed by atoms with Gasteiger partial charge in [-0.3, -0.25) is 19.7 Å². The number of likely N-dealkylation sites (tertiary alicyclic amines) is 1. The van der Waals surface area contributed by atoms with Gasteiger partial charge in [0, 0.05) is 51.0 Å². The molecule has 4 atom stereocenters. The molecule has 2 heterocycles. The van der Waals surface area contributed by atoms with E-state index in [0.717, 1.165) is 59.3 Å². The van der Waals surface area contributed by atoms with Gasteiger partial charge in [0.05, 0.1) is 24.9 Å². The van der Waals surface area contributed by atoms with Crippen LogP contribution in [0.4, 0.5) is 0 Å². The van der Waals surface area contributed by atoms with Crippen LogP contribution >= 0.6 is 0 Å². The lowest BCUT2D eigenvalue weighted by Crippen LogP contribution is -2.38. The molecular formula is C36H45N3O7. The van der Waals surface area contributed by atoms with E-state index >= 15 is 0 Å². The van der Waals surface area contributed by atoms with Gasteiger partial charge >= 0.3 is 0 Å². The molecule has 0 aromatic heterocycles.